The Morgan fingerprint density at radius 1 is 0.712 bits per heavy atom. The molecule has 0 unspecified atom stereocenters. The van der Waals surface area contributed by atoms with E-state index < -0.39 is 88.8 Å². The van der Waals surface area contributed by atoms with Crippen LogP contribution in [0.5, 0.6) is 5.75 Å². The molecule has 0 saturated heterocycles. The number of pyridine rings is 1. The van der Waals surface area contributed by atoms with E-state index >= 15 is 0 Å². The Labute approximate surface area is 340 Å². The van der Waals surface area contributed by atoms with Crippen molar-refractivity contribution >= 4 is 56.8 Å². The van der Waals surface area contributed by atoms with Crippen LogP contribution in [0.15, 0.2) is 109 Å². The van der Waals surface area contributed by atoms with Gasteiger partial charge in [-0.15, -0.1) is 0 Å². The maximum Gasteiger partial charge on any atom is 0.408 e. The Kier molecular flexibility index (Phi) is 16.5. The summed E-state index contributed by atoms with van der Waals surface area (Å²) in [5, 5.41) is 30.3. The maximum absolute atomic E-state index is 14.0. The summed E-state index contributed by atoms with van der Waals surface area (Å²) < 4.78 is 35.3. The number of rotatable bonds is 21. The Hall–Kier alpha value is -6.82. The first-order valence-corrected chi connectivity index (χ1v) is 19.9. The smallest absolute Gasteiger partial charge is 0.408 e. The molecule has 1 heterocycles. The van der Waals surface area contributed by atoms with Crippen LogP contribution in [-0.2, 0) is 51.9 Å². The topological polar surface area (TPSA) is 256 Å². The molecule has 4 aromatic rings. The fraction of sp³-hybridized carbons (Fsp3) is 0.293. The molecule has 0 spiro atoms. The molecule has 0 aliphatic rings. The van der Waals surface area contributed by atoms with Crippen LogP contribution in [0, 0.1) is 5.92 Å². The molecule has 4 rings (SSSR count). The molecular weight excluding hydrogens is 787 g/mol. The first-order chi connectivity index (χ1) is 28.1. The second-order valence-corrected chi connectivity index (χ2v) is 15.0. The molecule has 0 aliphatic carbocycles. The van der Waals surface area contributed by atoms with Gasteiger partial charge in [-0.05, 0) is 54.7 Å². The monoisotopic (exact) mass is 831 g/mol. The number of carboxylic acids is 2. The fourth-order valence-corrected chi connectivity index (χ4v) is 6.43. The predicted octanol–water partition coefficient (Wildman–Crippen LogP) is 3.44. The zero-order valence-electron chi connectivity index (χ0n) is 32.1. The molecule has 0 aliphatic heterocycles. The van der Waals surface area contributed by atoms with Crippen molar-refractivity contribution in [2.75, 3.05) is 0 Å². The van der Waals surface area contributed by atoms with Gasteiger partial charge in [0.2, 0.25) is 17.7 Å². The van der Waals surface area contributed by atoms with Crippen LogP contribution in [0.4, 0.5) is 4.79 Å². The summed E-state index contributed by atoms with van der Waals surface area (Å²) in [5.41, 5.74) is 1.86. The first-order valence-electron chi connectivity index (χ1n) is 18.4. The number of ether oxygens (including phenoxy) is 1. The average Bonchev–Trinajstić information content (AvgIpc) is 3.19. The number of benzene rings is 3. The third-order valence-corrected chi connectivity index (χ3v) is 9.50. The Bertz CT molecular complexity index is 2240. The summed E-state index contributed by atoms with van der Waals surface area (Å²) >= 11 is 0. The van der Waals surface area contributed by atoms with Crippen LogP contribution < -0.4 is 25.5 Å². The normalized spacial score (nSPS) is 13.4. The summed E-state index contributed by atoms with van der Waals surface area (Å²) in [5.74, 6) is -6.22. The Balaban J connectivity index is 1.53. The van der Waals surface area contributed by atoms with E-state index in [0.29, 0.717) is 22.2 Å². The molecule has 0 fully saturated rings. The summed E-state index contributed by atoms with van der Waals surface area (Å²) in [6.45, 7) is 3.01. The van der Waals surface area contributed by atoms with Gasteiger partial charge in [0.15, 0.2) is 0 Å². The number of amides is 4. The zero-order chi connectivity index (χ0) is 43.0. The molecule has 312 valence electrons. The van der Waals surface area contributed by atoms with Crippen LogP contribution in [0.2, 0.25) is 0 Å². The molecule has 18 heteroatoms. The minimum Gasteiger partial charge on any atom is -0.481 e. The average molecular weight is 832 g/mol. The van der Waals surface area contributed by atoms with E-state index in [9.17, 15) is 47.4 Å². The minimum absolute atomic E-state index is 0.00431. The van der Waals surface area contributed by atoms with Crippen molar-refractivity contribution in [2.24, 2.45) is 5.92 Å². The molecule has 17 nitrogen and oxygen atoms in total. The molecule has 0 bridgehead atoms. The summed E-state index contributed by atoms with van der Waals surface area (Å²) in [7, 11) is -4.37. The number of carbonyl (C=O) groups excluding carboxylic acids is 4. The van der Waals surface area contributed by atoms with E-state index in [0.717, 1.165) is 11.5 Å². The van der Waals surface area contributed by atoms with Crippen molar-refractivity contribution < 1.29 is 56.3 Å². The van der Waals surface area contributed by atoms with Crippen molar-refractivity contribution in [2.45, 2.75) is 70.3 Å². The van der Waals surface area contributed by atoms with Crippen molar-refractivity contribution in [1.29, 1.82) is 0 Å². The van der Waals surface area contributed by atoms with Gasteiger partial charge >= 0.3 is 28.1 Å². The highest BCUT2D eigenvalue weighted by Gasteiger charge is 2.33. The van der Waals surface area contributed by atoms with Crippen molar-refractivity contribution in [3.8, 4) is 5.75 Å². The highest BCUT2D eigenvalue weighted by atomic mass is 32.2. The van der Waals surface area contributed by atoms with Crippen LogP contribution in [0.1, 0.15) is 44.4 Å². The SMILES string of the molecule is CC(C)[C@H](NC(=O)[C@H](CCc1ccc2ccccc2n1)NC(=O)[C@H](CC(=O)O)NC(=O)OCc1ccccc1)C(=O)N[C@H](/C=C/S(=O)(=O)Oc1ccccc1)CC(=O)O. The van der Waals surface area contributed by atoms with Crippen LogP contribution >= 0.6 is 0 Å². The Morgan fingerprint density at radius 3 is 2.00 bits per heavy atom. The number of carbonyl (C=O) groups is 6. The number of fused-ring (bicyclic) bond motifs is 1. The van der Waals surface area contributed by atoms with Gasteiger partial charge in [-0.2, -0.15) is 8.42 Å². The molecule has 0 saturated carbocycles. The van der Waals surface area contributed by atoms with E-state index in [1.54, 1.807) is 80.6 Å². The van der Waals surface area contributed by atoms with Gasteiger partial charge in [-0.3, -0.25) is 29.0 Å². The second kappa shape index (κ2) is 21.6. The summed E-state index contributed by atoms with van der Waals surface area (Å²) in [6, 6.07) is 21.2. The van der Waals surface area contributed by atoms with Gasteiger partial charge in [-0.1, -0.05) is 86.6 Å². The van der Waals surface area contributed by atoms with Crippen LogP contribution in [0.25, 0.3) is 10.9 Å². The van der Waals surface area contributed by atoms with E-state index in [1.807, 2.05) is 18.2 Å². The lowest BCUT2D eigenvalue weighted by Gasteiger charge is -2.27. The van der Waals surface area contributed by atoms with Gasteiger partial charge in [0, 0.05) is 11.1 Å². The van der Waals surface area contributed by atoms with E-state index in [4.69, 9.17) is 8.92 Å². The molecule has 3 aromatic carbocycles. The number of hydrogen-bond acceptors (Lipinski definition) is 11. The third kappa shape index (κ3) is 15.2. The minimum atomic E-state index is -4.37. The summed E-state index contributed by atoms with van der Waals surface area (Å²) in [6.07, 6.45) is -1.72. The molecule has 4 atom stereocenters. The van der Waals surface area contributed by atoms with Crippen molar-refractivity contribution in [1.82, 2.24) is 26.3 Å². The zero-order valence-corrected chi connectivity index (χ0v) is 33.0. The number of carboxylic acid groups (broad SMARTS) is 2. The van der Waals surface area contributed by atoms with Crippen LogP contribution in [0.3, 0.4) is 0 Å². The molecule has 6 N–H and O–H groups in total. The fourth-order valence-electron chi connectivity index (χ4n) is 5.62. The number of nitrogens with one attached hydrogen (secondary N) is 4. The number of para-hydroxylation sites is 2. The highest BCUT2D eigenvalue weighted by Crippen LogP contribution is 2.16. The van der Waals surface area contributed by atoms with Crippen molar-refractivity contribution in [3.63, 3.8) is 0 Å². The lowest BCUT2D eigenvalue weighted by atomic mass is 10.0. The lowest BCUT2D eigenvalue weighted by Crippen LogP contribution is -2.58. The molecule has 4 amide bonds. The van der Waals surface area contributed by atoms with Gasteiger partial charge in [0.05, 0.1) is 29.8 Å². The Morgan fingerprint density at radius 2 is 1.34 bits per heavy atom. The number of hydrogen-bond donors (Lipinski definition) is 6. The van der Waals surface area contributed by atoms with E-state index in [2.05, 4.69) is 26.3 Å². The quantitative estimate of drug-likeness (QED) is 0.0659. The lowest BCUT2D eigenvalue weighted by molar-refractivity contribution is -0.140. The number of aryl methyl sites for hydroxylation is 1. The molecular formula is C41H45N5O12S. The van der Waals surface area contributed by atoms with Gasteiger partial charge in [-0.25, -0.2) is 4.79 Å². The number of nitrogens with zero attached hydrogens (tertiary/aromatic N) is 1. The van der Waals surface area contributed by atoms with Crippen LogP contribution in [-0.4, -0.2) is 83.5 Å². The number of alkyl carbamates (subject to hydrolysis) is 1. The van der Waals surface area contributed by atoms with Crippen molar-refractivity contribution in [3.05, 3.63) is 120 Å². The van der Waals surface area contributed by atoms with Gasteiger partial charge in [0.1, 0.15) is 30.5 Å². The largest absolute Gasteiger partial charge is 0.481 e. The second-order valence-electron chi connectivity index (χ2n) is 13.6. The molecule has 1 aromatic heterocycles. The van der Waals surface area contributed by atoms with E-state index in [-0.39, 0.29) is 25.2 Å². The first kappa shape index (κ1) is 44.9. The molecule has 0 radical (unpaired) electrons. The summed E-state index contributed by atoms with van der Waals surface area (Å²) in [4.78, 5) is 82.0. The van der Waals surface area contributed by atoms with E-state index in [1.165, 1.54) is 12.1 Å². The number of aliphatic carboxylic acids is 2. The highest BCUT2D eigenvalue weighted by molar-refractivity contribution is 7.90. The number of aromatic nitrogens is 1. The van der Waals surface area contributed by atoms with Gasteiger partial charge < -0.3 is 40.4 Å². The standard InChI is InChI=1S/C41H45N5O12S/c1-26(2)37(40(53)43-30(23-35(47)48)21-22-59(55,56)58-31-14-7-4-8-15-31)46-38(51)33(20-19-29-18-17-28-13-9-10-16-32(28)42-29)44-39(52)34(24-36(49)50)45-41(54)57-25-27-11-5-3-6-12-27/h3-18,21-22,26,30,33-34,37H,19-20,23-25H2,1-2H3,(H,43,53)(H,44,52)(H,45,54)(H,46,51)(H,47,48)(H,49,50)/b22-21+/t30-,33+,34+,37+/m1/s1. The van der Waals surface area contributed by atoms with Gasteiger partial charge in [0.25, 0.3) is 0 Å². The predicted molar refractivity (Wildman–Crippen MR) is 214 cm³/mol. The maximum atomic E-state index is 14.0. The molecule has 59 heavy (non-hydrogen) atoms. The third-order valence-electron chi connectivity index (χ3n) is 8.58.